The first-order chi connectivity index (χ1) is 16.0. The maximum atomic E-state index is 12.3. The second-order valence-electron chi connectivity index (χ2n) is 7.03. The van der Waals surface area contributed by atoms with Gasteiger partial charge in [-0.15, -0.1) is 0 Å². The predicted molar refractivity (Wildman–Crippen MR) is 130 cm³/mol. The standard InChI is InChI=1S/C25H18Cl3NO4/c1-2-31-22-12-15(10-19-23(29-33-25(19)30)16-6-4-3-5-7-16)11-21(28)24(22)32-14-17-8-9-18(26)13-20(17)27/h3-13H,2,14H2,1H3/b19-10-. The van der Waals surface area contributed by atoms with E-state index in [1.807, 2.05) is 37.3 Å². The van der Waals surface area contributed by atoms with Gasteiger partial charge in [0.15, 0.2) is 11.5 Å². The predicted octanol–water partition coefficient (Wildman–Crippen LogP) is 6.97. The van der Waals surface area contributed by atoms with Gasteiger partial charge in [-0.05, 0) is 42.8 Å². The maximum absolute atomic E-state index is 12.3. The molecule has 168 valence electrons. The number of hydrogen-bond donors (Lipinski definition) is 0. The van der Waals surface area contributed by atoms with Crippen molar-refractivity contribution in [2.75, 3.05) is 6.61 Å². The lowest BCUT2D eigenvalue weighted by molar-refractivity contribution is -0.136. The molecule has 4 rings (SSSR count). The van der Waals surface area contributed by atoms with E-state index in [-0.39, 0.29) is 6.61 Å². The lowest BCUT2D eigenvalue weighted by atomic mass is 10.0. The maximum Gasteiger partial charge on any atom is 0.368 e. The summed E-state index contributed by atoms with van der Waals surface area (Å²) < 4.78 is 11.7. The summed E-state index contributed by atoms with van der Waals surface area (Å²) in [6, 6.07) is 17.9. The van der Waals surface area contributed by atoms with Crippen molar-refractivity contribution in [2.24, 2.45) is 5.16 Å². The number of benzene rings is 3. The van der Waals surface area contributed by atoms with Crippen LogP contribution in [0.4, 0.5) is 0 Å². The summed E-state index contributed by atoms with van der Waals surface area (Å²) in [5, 5.41) is 5.28. The molecule has 3 aromatic rings. The summed E-state index contributed by atoms with van der Waals surface area (Å²) in [6.45, 7) is 2.42. The van der Waals surface area contributed by atoms with Gasteiger partial charge in [0.2, 0.25) is 0 Å². The van der Waals surface area contributed by atoms with Crippen molar-refractivity contribution in [3.05, 3.63) is 98.0 Å². The van der Waals surface area contributed by atoms with Gasteiger partial charge in [0.05, 0.1) is 17.2 Å². The second kappa shape index (κ2) is 10.3. The molecule has 0 unspecified atom stereocenters. The number of carbonyl (C=O) groups is 1. The highest BCUT2D eigenvalue weighted by atomic mass is 35.5. The van der Waals surface area contributed by atoms with Gasteiger partial charge in [0, 0.05) is 21.2 Å². The van der Waals surface area contributed by atoms with Crippen LogP contribution < -0.4 is 9.47 Å². The molecule has 1 heterocycles. The molecule has 0 saturated carbocycles. The van der Waals surface area contributed by atoms with Gasteiger partial charge in [-0.3, -0.25) is 0 Å². The number of hydrogen-bond acceptors (Lipinski definition) is 5. The first-order valence-electron chi connectivity index (χ1n) is 10.1. The van der Waals surface area contributed by atoms with Crippen molar-refractivity contribution in [2.45, 2.75) is 13.5 Å². The molecule has 0 bridgehead atoms. The molecule has 0 aromatic heterocycles. The Bertz CT molecular complexity index is 1260. The molecule has 0 amide bonds. The van der Waals surface area contributed by atoms with Crippen molar-refractivity contribution in [3.63, 3.8) is 0 Å². The zero-order valence-electron chi connectivity index (χ0n) is 17.5. The van der Waals surface area contributed by atoms with Crippen LogP contribution in [0.2, 0.25) is 15.1 Å². The molecule has 3 aromatic carbocycles. The molecular formula is C25H18Cl3NO4. The minimum Gasteiger partial charge on any atom is -0.490 e. The van der Waals surface area contributed by atoms with Gasteiger partial charge in [-0.25, -0.2) is 4.79 Å². The fourth-order valence-corrected chi connectivity index (χ4v) is 3.98. The molecule has 1 aliphatic heterocycles. The number of ether oxygens (including phenoxy) is 2. The topological polar surface area (TPSA) is 57.1 Å². The van der Waals surface area contributed by atoms with Crippen LogP contribution in [-0.4, -0.2) is 18.3 Å². The average Bonchev–Trinajstić information content (AvgIpc) is 3.15. The molecule has 5 nitrogen and oxygen atoms in total. The Hall–Kier alpha value is -2.99. The molecule has 8 heteroatoms. The summed E-state index contributed by atoms with van der Waals surface area (Å²) >= 11 is 18.7. The molecular weight excluding hydrogens is 485 g/mol. The molecule has 0 radical (unpaired) electrons. The van der Waals surface area contributed by atoms with Crippen molar-refractivity contribution >= 4 is 52.6 Å². The minimum absolute atomic E-state index is 0.174. The molecule has 33 heavy (non-hydrogen) atoms. The van der Waals surface area contributed by atoms with Crippen molar-refractivity contribution in [3.8, 4) is 11.5 Å². The van der Waals surface area contributed by atoms with Gasteiger partial charge in [0.25, 0.3) is 0 Å². The van der Waals surface area contributed by atoms with Crippen LogP contribution in [0.1, 0.15) is 23.6 Å². The molecule has 0 N–H and O–H groups in total. The Kier molecular flexibility index (Phi) is 7.23. The smallest absolute Gasteiger partial charge is 0.368 e. The van der Waals surface area contributed by atoms with E-state index in [0.29, 0.717) is 50.0 Å². The summed E-state index contributed by atoms with van der Waals surface area (Å²) in [5.41, 5.74) is 2.93. The van der Waals surface area contributed by atoms with Gasteiger partial charge in [0.1, 0.15) is 12.3 Å². The molecule has 0 spiro atoms. The van der Waals surface area contributed by atoms with Crippen LogP contribution in [0.15, 0.2) is 71.4 Å². The van der Waals surface area contributed by atoms with E-state index < -0.39 is 5.97 Å². The summed E-state index contributed by atoms with van der Waals surface area (Å²) in [6.07, 6.45) is 1.66. The van der Waals surface area contributed by atoms with E-state index in [2.05, 4.69) is 5.16 Å². The number of halogens is 3. The highest BCUT2D eigenvalue weighted by Crippen LogP contribution is 2.38. The summed E-state index contributed by atoms with van der Waals surface area (Å²) in [5.74, 6) is 0.268. The third-order valence-electron chi connectivity index (χ3n) is 4.77. The zero-order valence-corrected chi connectivity index (χ0v) is 19.7. The fourth-order valence-electron chi connectivity index (χ4n) is 3.24. The Morgan fingerprint density at radius 3 is 2.48 bits per heavy atom. The fraction of sp³-hybridized carbons (Fsp3) is 0.120. The third-order valence-corrected chi connectivity index (χ3v) is 5.64. The van der Waals surface area contributed by atoms with E-state index in [1.165, 1.54) is 0 Å². The van der Waals surface area contributed by atoms with Gasteiger partial charge >= 0.3 is 5.97 Å². The first-order valence-corrected chi connectivity index (χ1v) is 11.2. The van der Waals surface area contributed by atoms with Gasteiger partial charge in [-0.1, -0.05) is 76.4 Å². The van der Waals surface area contributed by atoms with E-state index in [0.717, 1.165) is 11.1 Å². The Balaban J connectivity index is 1.65. The lowest BCUT2D eigenvalue weighted by Gasteiger charge is -2.15. The van der Waals surface area contributed by atoms with E-state index in [4.69, 9.17) is 49.1 Å². The minimum atomic E-state index is -0.541. The highest BCUT2D eigenvalue weighted by Gasteiger charge is 2.27. The van der Waals surface area contributed by atoms with Crippen LogP contribution in [0.5, 0.6) is 11.5 Å². The second-order valence-corrected chi connectivity index (χ2v) is 8.28. The van der Waals surface area contributed by atoms with Crippen LogP contribution in [0, 0.1) is 0 Å². The van der Waals surface area contributed by atoms with E-state index in [9.17, 15) is 4.79 Å². The third kappa shape index (κ3) is 5.33. The molecule has 0 atom stereocenters. The summed E-state index contributed by atoms with van der Waals surface area (Å²) in [7, 11) is 0. The number of rotatable bonds is 7. The van der Waals surface area contributed by atoms with E-state index >= 15 is 0 Å². The van der Waals surface area contributed by atoms with Crippen LogP contribution in [0.25, 0.3) is 6.08 Å². The van der Waals surface area contributed by atoms with Crippen molar-refractivity contribution in [1.82, 2.24) is 0 Å². The summed E-state index contributed by atoms with van der Waals surface area (Å²) in [4.78, 5) is 17.2. The molecule has 1 aliphatic rings. The SMILES string of the molecule is CCOc1cc(/C=C2\C(=O)ON=C2c2ccccc2)cc(Cl)c1OCc1ccc(Cl)cc1Cl. The Morgan fingerprint density at radius 2 is 1.76 bits per heavy atom. The van der Waals surface area contributed by atoms with Gasteiger partial charge in [-0.2, -0.15) is 0 Å². The molecule has 0 aliphatic carbocycles. The monoisotopic (exact) mass is 501 g/mol. The number of carbonyl (C=O) groups excluding carboxylic acids is 1. The largest absolute Gasteiger partial charge is 0.490 e. The van der Waals surface area contributed by atoms with Crippen LogP contribution in [-0.2, 0) is 16.2 Å². The number of oxime groups is 1. The lowest BCUT2D eigenvalue weighted by Crippen LogP contribution is -2.07. The molecule has 0 saturated heterocycles. The van der Waals surface area contributed by atoms with Crippen molar-refractivity contribution in [1.29, 1.82) is 0 Å². The zero-order chi connectivity index (χ0) is 23.4. The Labute approximate surface area is 206 Å². The average molecular weight is 503 g/mol. The first kappa shape index (κ1) is 23.2. The van der Waals surface area contributed by atoms with Crippen LogP contribution >= 0.6 is 34.8 Å². The van der Waals surface area contributed by atoms with Gasteiger partial charge < -0.3 is 14.3 Å². The van der Waals surface area contributed by atoms with Crippen LogP contribution in [0.3, 0.4) is 0 Å². The normalized spacial score (nSPS) is 14.2. The Morgan fingerprint density at radius 1 is 0.970 bits per heavy atom. The van der Waals surface area contributed by atoms with Crippen molar-refractivity contribution < 1.29 is 19.1 Å². The highest BCUT2D eigenvalue weighted by molar-refractivity contribution is 6.35. The van der Waals surface area contributed by atoms with E-state index in [1.54, 1.807) is 36.4 Å². The molecule has 0 fully saturated rings. The number of nitrogens with zero attached hydrogens (tertiary/aromatic N) is 1. The quantitative estimate of drug-likeness (QED) is 0.259.